The maximum absolute atomic E-state index is 13.1. The van der Waals surface area contributed by atoms with Gasteiger partial charge in [0.15, 0.2) is 0 Å². The van der Waals surface area contributed by atoms with Gasteiger partial charge in [0.25, 0.3) is 5.91 Å². The molecule has 0 unspecified atom stereocenters. The maximum atomic E-state index is 13.1. The summed E-state index contributed by atoms with van der Waals surface area (Å²) < 4.78 is 5.05. The van der Waals surface area contributed by atoms with Crippen LogP contribution in [0, 0.1) is 5.92 Å². The SMILES string of the molecule is CCOC(=O)C[C@@H]1C[C@@H](CNC(=O)c2ccc(CN)cc2)N(CCCc2ccccc2)C1=O. The van der Waals surface area contributed by atoms with E-state index in [-0.39, 0.29) is 30.2 Å². The number of likely N-dealkylation sites (tertiary alicyclic amines) is 1. The number of benzene rings is 2. The fourth-order valence-electron chi connectivity index (χ4n) is 4.25. The minimum atomic E-state index is -0.411. The number of carbonyl (C=O) groups excluding carboxylic acids is 3. The lowest BCUT2D eigenvalue weighted by molar-refractivity contribution is -0.146. The molecule has 0 aliphatic carbocycles. The number of aryl methyl sites for hydroxylation is 1. The van der Waals surface area contributed by atoms with Crippen LogP contribution in [0.3, 0.4) is 0 Å². The minimum absolute atomic E-state index is 0.0392. The second-order valence-electron chi connectivity index (χ2n) is 8.33. The molecule has 1 aliphatic heterocycles. The van der Waals surface area contributed by atoms with Gasteiger partial charge in [-0.15, -0.1) is 0 Å². The number of amides is 2. The highest BCUT2D eigenvalue weighted by Gasteiger charge is 2.40. The van der Waals surface area contributed by atoms with E-state index in [1.165, 1.54) is 5.56 Å². The number of carbonyl (C=O) groups is 3. The van der Waals surface area contributed by atoms with Crippen LogP contribution in [0.15, 0.2) is 54.6 Å². The van der Waals surface area contributed by atoms with Crippen molar-refractivity contribution in [1.82, 2.24) is 10.2 Å². The third-order valence-electron chi connectivity index (χ3n) is 6.01. The number of nitrogens with zero attached hydrogens (tertiary/aromatic N) is 1. The molecule has 7 nitrogen and oxygen atoms in total. The Bertz CT molecular complexity index is 930. The quantitative estimate of drug-likeness (QED) is 0.512. The molecule has 0 bridgehead atoms. The van der Waals surface area contributed by atoms with Crippen LogP contribution in [0.5, 0.6) is 0 Å². The van der Waals surface area contributed by atoms with Crippen LogP contribution in [0.4, 0.5) is 0 Å². The van der Waals surface area contributed by atoms with E-state index >= 15 is 0 Å². The van der Waals surface area contributed by atoms with Gasteiger partial charge in [-0.1, -0.05) is 42.5 Å². The number of hydrogen-bond acceptors (Lipinski definition) is 5. The van der Waals surface area contributed by atoms with E-state index in [0.29, 0.717) is 38.2 Å². The number of esters is 1. The molecule has 1 heterocycles. The molecule has 0 saturated carbocycles. The number of hydrogen-bond donors (Lipinski definition) is 2. The van der Waals surface area contributed by atoms with Gasteiger partial charge in [-0.05, 0) is 49.4 Å². The van der Waals surface area contributed by atoms with Gasteiger partial charge in [-0.3, -0.25) is 14.4 Å². The van der Waals surface area contributed by atoms with Crippen molar-refractivity contribution in [3.8, 4) is 0 Å². The van der Waals surface area contributed by atoms with Crippen molar-refractivity contribution >= 4 is 17.8 Å². The van der Waals surface area contributed by atoms with Crippen molar-refractivity contribution in [3.63, 3.8) is 0 Å². The van der Waals surface area contributed by atoms with E-state index in [1.54, 1.807) is 19.1 Å². The van der Waals surface area contributed by atoms with Crippen LogP contribution >= 0.6 is 0 Å². The van der Waals surface area contributed by atoms with Gasteiger partial charge in [-0.25, -0.2) is 0 Å². The molecule has 0 aromatic heterocycles. The summed E-state index contributed by atoms with van der Waals surface area (Å²) in [7, 11) is 0. The molecule has 0 radical (unpaired) electrons. The van der Waals surface area contributed by atoms with Gasteiger partial charge in [0, 0.05) is 31.2 Å². The first-order chi connectivity index (χ1) is 16.0. The maximum Gasteiger partial charge on any atom is 0.306 e. The average molecular weight is 452 g/mol. The number of nitrogens with two attached hydrogens (primary N) is 1. The number of ether oxygens (including phenoxy) is 1. The van der Waals surface area contributed by atoms with E-state index in [0.717, 1.165) is 18.4 Å². The Morgan fingerprint density at radius 3 is 2.48 bits per heavy atom. The van der Waals surface area contributed by atoms with Gasteiger partial charge < -0.3 is 20.7 Å². The number of rotatable bonds is 11. The lowest BCUT2D eigenvalue weighted by Crippen LogP contribution is -2.42. The molecule has 3 rings (SSSR count). The molecule has 1 saturated heterocycles. The lowest BCUT2D eigenvalue weighted by Gasteiger charge is -2.25. The standard InChI is InChI=1S/C26H33N3O4/c1-2-33-24(30)16-22-15-23(18-28-25(31)21-12-10-20(17-27)11-13-21)29(26(22)32)14-6-9-19-7-4-3-5-8-19/h3-5,7-8,10-13,22-23H,2,6,9,14-18,27H2,1H3,(H,28,31)/t22-,23-/m0/s1. The molecule has 3 N–H and O–H groups in total. The summed E-state index contributed by atoms with van der Waals surface area (Å²) in [5.41, 5.74) is 8.35. The molecular formula is C26H33N3O4. The summed E-state index contributed by atoms with van der Waals surface area (Å²) in [4.78, 5) is 39.5. The zero-order chi connectivity index (χ0) is 23.6. The van der Waals surface area contributed by atoms with Crippen molar-refractivity contribution < 1.29 is 19.1 Å². The smallest absolute Gasteiger partial charge is 0.306 e. The zero-order valence-corrected chi connectivity index (χ0v) is 19.2. The molecule has 7 heteroatoms. The fraction of sp³-hybridized carbons (Fsp3) is 0.423. The van der Waals surface area contributed by atoms with Crippen LogP contribution in [0.1, 0.15) is 47.7 Å². The predicted octanol–water partition coefficient (Wildman–Crippen LogP) is 2.68. The van der Waals surface area contributed by atoms with Gasteiger partial charge in [-0.2, -0.15) is 0 Å². The molecule has 33 heavy (non-hydrogen) atoms. The van der Waals surface area contributed by atoms with E-state index in [2.05, 4.69) is 17.4 Å². The van der Waals surface area contributed by atoms with E-state index in [4.69, 9.17) is 10.5 Å². The molecule has 2 aromatic rings. The minimum Gasteiger partial charge on any atom is -0.466 e. The van der Waals surface area contributed by atoms with Crippen molar-refractivity contribution in [2.45, 2.75) is 45.2 Å². The summed E-state index contributed by atoms with van der Waals surface area (Å²) in [6.07, 6.45) is 2.27. The first kappa shape index (κ1) is 24.5. The molecule has 1 aliphatic rings. The second kappa shape index (κ2) is 12.2. The van der Waals surface area contributed by atoms with Gasteiger partial charge in [0.05, 0.1) is 18.9 Å². The molecule has 2 amide bonds. The van der Waals surface area contributed by atoms with Gasteiger partial charge >= 0.3 is 5.97 Å². The van der Waals surface area contributed by atoms with Gasteiger partial charge in [0.1, 0.15) is 0 Å². The molecular weight excluding hydrogens is 418 g/mol. The first-order valence-corrected chi connectivity index (χ1v) is 11.6. The van der Waals surface area contributed by atoms with Crippen LogP contribution in [0.25, 0.3) is 0 Å². The number of nitrogens with one attached hydrogen (secondary N) is 1. The Kier molecular flexibility index (Phi) is 9.01. The topological polar surface area (TPSA) is 102 Å². The van der Waals surface area contributed by atoms with Crippen LogP contribution in [-0.4, -0.2) is 48.4 Å². The highest BCUT2D eigenvalue weighted by atomic mass is 16.5. The van der Waals surface area contributed by atoms with Crippen molar-refractivity contribution in [1.29, 1.82) is 0 Å². The molecule has 2 atom stereocenters. The Morgan fingerprint density at radius 2 is 1.82 bits per heavy atom. The Hall–Kier alpha value is -3.19. The van der Waals surface area contributed by atoms with Crippen molar-refractivity contribution in [2.24, 2.45) is 11.7 Å². The van der Waals surface area contributed by atoms with E-state index in [9.17, 15) is 14.4 Å². The normalized spacial score (nSPS) is 17.8. The largest absolute Gasteiger partial charge is 0.466 e. The monoisotopic (exact) mass is 451 g/mol. The summed E-state index contributed by atoms with van der Waals surface area (Å²) in [6.45, 7) is 3.39. The van der Waals surface area contributed by atoms with Crippen LogP contribution in [-0.2, 0) is 27.3 Å². The molecule has 176 valence electrons. The highest BCUT2D eigenvalue weighted by Crippen LogP contribution is 2.28. The third-order valence-corrected chi connectivity index (χ3v) is 6.01. The summed E-state index contributed by atoms with van der Waals surface area (Å²) in [6, 6.07) is 17.1. The first-order valence-electron chi connectivity index (χ1n) is 11.6. The lowest BCUT2D eigenvalue weighted by atomic mass is 10.0. The summed E-state index contributed by atoms with van der Waals surface area (Å²) >= 11 is 0. The Morgan fingerprint density at radius 1 is 1.09 bits per heavy atom. The van der Waals surface area contributed by atoms with Crippen molar-refractivity contribution in [3.05, 3.63) is 71.3 Å². The molecule has 2 aromatic carbocycles. The molecule has 1 fully saturated rings. The second-order valence-corrected chi connectivity index (χ2v) is 8.33. The highest BCUT2D eigenvalue weighted by molar-refractivity contribution is 5.94. The third kappa shape index (κ3) is 6.89. The van der Waals surface area contributed by atoms with E-state index < -0.39 is 5.92 Å². The van der Waals surface area contributed by atoms with Gasteiger partial charge in [0.2, 0.25) is 5.91 Å². The fourth-order valence-corrected chi connectivity index (χ4v) is 4.25. The van der Waals surface area contributed by atoms with Crippen LogP contribution in [0.2, 0.25) is 0 Å². The Balaban J connectivity index is 1.61. The Labute approximate surface area is 195 Å². The zero-order valence-electron chi connectivity index (χ0n) is 19.2. The van der Waals surface area contributed by atoms with E-state index in [1.807, 2.05) is 35.2 Å². The average Bonchev–Trinajstić information content (AvgIpc) is 3.12. The van der Waals surface area contributed by atoms with Crippen molar-refractivity contribution in [2.75, 3.05) is 19.7 Å². The van der Waals surface area contributed by atoms with Crippen LogP contribution < -0.4 is 11.1 Å². The molecule has 0 spiro atoms. The summed E-state index contributed by atoms with van der Waals surface area (Å²) in [5.74, 6) is -0.997. The summed E-state index contributed by atoms with van der Waals surface area (Å²) in [5, 5.41) is 2.96. The predicted molar refractivity (Wildman–Crippen MR) is 126 cm³/mol.